The van der Waals surface area contributed by atoms with Crippen LogP contribution in [0.3, 0.4) is 0 Å². The highest BCUT2D eigenvalue weighted by Gasteiger charge is 2.10. The van der Waals surface area contributed by atoms with Crippen LogP contribution >= 0.6 is 0 Å². The van der Waals surface area contributed by atoms with Crippen LogP contribution in [0.4, 0.5) is 0 Å². The first kappa shape index (κ1) is 10.7. The Bertz CT molecular complexity index is 669. The van der Waals surface area contributed by atoms with Gasteiger partial charge in [0, 0.05) is 5.56 Å². The second kappa shape index (κ2) is 4.07. The predicted octanol–water partition coefficient (Wildman–Crippen LogP) is 3.35. The lowest BCUT2D eigenvalue weighted by Crippen LogP contribution is -1.80. The number of hydrogen-bond acceptors (Lipinski definition) is 3. The van der Waals surface area contributed by atoms with Gasteiger partial charge >= 0.3 is 0 Å². The number of nitrogens with zero attached hydrogens (tertiary/aromatic N) is 1. The molecule has 0 aliphatic rings. The number of phenolic OH excluding ortho intramolecular Hbond substituents is 1. The summed E-state index contributed by atoms with van der Waals surface area (Å²) in [5.74, 6) is 0.952. The van der Waals surface area contributed by atoms with E-state index in [1.165, 1.54) is 0 Å². The smallest absolute Gasteiger partial charge is 0.151 e. The number of rotatable bonds is 2. The van der Waals surface area contributed by atoms with Gasteiger partial charge in [-0.25, -0.2) is 0 Å². The van der Waals surface area contributed by atoms with Crippen molar-refractivity contribution >= 4 is 0 Å². The number of aromatic amines is 1. The first-order valence-electron chi connectivity index (χ1n) is 5.63. The SMILES string of the molecule is Cc1ccc(-c2cc(-c3ccco3)[nH]n2)c(O)c1. The summed E-state index contributed by atoms with van der Waals surface area (Å²) in [6, 6.07) is 11.0. The third kappa shape index (κ3) is 1.78. The summed E-state index contributed by atoms with van der Waals surface area (Å²) in [6.45, 7) is 1.93. The van der Waals surface area contributed by atoms with Crippen molar-refractivity contribution in [2.75, 3.05) is 0 Å². The lowest BCUT2D eigenvalue weighted by Gasteiger charge is -2.01. The van der Waals surface area contributed by atoms with Crippen molar-refractivity contribution in [2.24, 2.45) is 0 Å². The van der Waals surface area contributed by atoms with Crippen LogP contribution in [0.5, 0.6) is 5.75 Å². The van der Waals surface area contributed by atoms with E-state index >= 15 is 0 Å². The van der Waals surface area contributed by atoms with Gasteiger partial charge in [0.25, 0.3) is 0 Å². The number of hydrogen-bond donors (Lipinski definition) is 2. The molecule has 18 heavy (non-hydrogen) atoms. The molecule has 0 saturated heterocycles. The van der Waals surface area contributed by atoms with Gasteiger partial charge in [-0.15, -0.1) is 0 Å². The Hall–Kier alpha value is -2.49. The third-order valence-corrected chi connectivity index (χ3v) is 2.79. The molecule has 0 aliphatic heterocycles. The normalized spacial score (nSPS) is 10.7. The van der Waals surface area contributed by atoms with Gasteiger partial charge in [0.2, 0.25) is 0 Å². The predicted molar refractivity (Wildman–Crippen MR) is 68.1 cm³/mol. The Morgan fingerprint density at radius 3 is 2.83 bits per heavy atom. The summed E-state index contributed by atoms with van der Waals surface area (Å²) in [6.07, 6.45) is 1.61. The third-order valence-electron chi connectivity index (χ3n) is 2.79. The lowest BCUT2D eigenvalue weighted by molar-refractivity contribution is 0.476. The Morgan fingerprint density at radius 2 is 2.11 bits per heavy atom. The van der Waals surface area contributed by atoms with E-state index in [0.717, 1.165) is 17.0 Å². The van der Waals surface area contributed by atoms with E-state index in [9.17, 15) is 5.11 Å². The lowest BCUT2D eigenvalue weighted by atomic mass is 10.1. The Balaban J connectivity index is 2.03. The number of furan rings is 1. The number of H-pyrrole nitrogens is 1. The molecule has 4 heteroatoms. The number of nitrogens with one attached hydrogen (secondary N) is 1. The van der Waals surface area contributed by atoms with Gasteiger partial charge in [0.1, 0.15) is 11.4 Å². The average Bonchev–Trinajstić information content (AvgIpc) is 2.99. The number of aromatic nitrogens is 2. The van der Waals surface area contributed by atoms with Crippen molar-refractivity contribution in [3.8, 4) is 28.5 Å². The maximum atomic E-state index is 9.91. The monoisotopic (exact) mass is 240 g/mol. The Kier molecular flexibility index (Phi) is 2.41. The Morgan fingerprint density at radius 1 is 1.22 bits per heavy atom. The molecule has 0 fully saturated rings. The highest BCUT2D eigenvalue weighted by atomic mass is 16.3. The quantitative estimate of drug-likeness (QED) is 0.722. The van der Waals surface area contributed by atoms with Crippen LogP contribution in [0, 0.1) is 6.92 Å². The molecule has 3 aromatic rings. The zero-order valence-corrected chi connectivity index (χ0v) is 9.84. The minimum absolute atomic E-state index is 0.229. The van der Waals surface area contributed by atoms with Crippen molar-refractivity contribution < 1.29 is 9.52 Å². The van der Waals surface area contributed by atoms with Gasteiger partial charge in [-0.1, -0.05) is 6.07 Å². The standard InChI is InChI=1S/C14H12N2O2/c1-9-4-5-10(13(17)7-9)11-8-12(16-15-11)14-3-2-6-18-14/h2-8,17H,1H3,(H,15,16). The van der Waals surface area contributed by atoms with Crippen LogP contribution in [0.2, 0.25) is 0 Å². The zero-order valence-electron chi connectivity index (χ0n) is 9.84. The van der Waals surface area contributed by atoms with Crippen LogP contribution in [-0.2, 0) is 0 Å². The average molecular weight is 240 g/mol. The van der Waals surface area contributed by atoms with E-state index in [4.69, 9.17) is 4.42 Å². The molecule has 0 aliphatic carbocycles. The van der Waals surface area contributed by atoms with Crippen LogP contribution < -0.4 is 0 Å². The van der Waals surface area contributed by atoms with Crippen molar-refractivity contribution in [1.29, 1.82) is 0 Å². The fraction of sp³-hybridized carbons (Fsp3) is 0.0714. The number of aryl methyl sites for hydroxylation is 1. The van der Waals surface area contributed by atoms with E-state index in [-0.39, 0.29) is 5.75 Å². The van der Waals surface area contributed by atoms with Crippen molar-refractivity contribution in [1.82, 2.24) is 10.2 Å². The Labute approximate surface area is 104 Å². The molecular weight excluding hydrogens is 228 g/mol. The molecule has 2 aromatic heterocycles. The van der Waals surface area contributed by atoms with Gasteiger partial charge in [-0.3, -0.25) is 5.10 Å². The zero-order chi connectivity index (χ0) is 12.5. The number of benzene rings is 1. The van der Waals surface area contributed by atoms with Crippen LogP contribution in [-0.4, -0.2) is 15.3 Å². The fourth-order valence-electron chi connectivity index (χ4n) is 1.88. The second-order valence-corrected chi connectivity index (χ2v) is 4.16. The minimum atomic E-state index is 0.229. The van der Waals surface area contributed by atoms with Gasteiger partial charge < -0.3 is 9.52 Å². The summed E-state index contributed by atoms with van der Waals surface area (Å²) >= 11 is 0. The molecular formula is C14H12N2O2. The van der Waals surface area contributed by atoms with Crippen LogP contribution in [0.25, 0.3) is 22.7 Å². The molecule has 0 saturated carbocycles. The van der Waals surface area contributed by atoms with Crippen molar-refractivity contribution in [3.63, 3.8) is 0 Å². The summed E-state index contributed by atoms with van der Waals surface area (Å²) < 4.78 is 5.28. The highest BCUT2D eigenvalue weighted by molar-refractivity contribution is 5.70. The van der Waals surface area contributed by atoms with Gasteiger partial charge in [-0.2, -0.15) is 5.10 Å². The molecule has 0 atom stereocenters. The first-order chi connectivity index (χ1) is 8.74. The molecule has 4 nitrogen and oxygen atoms in total. The summed E-state index contributed by atoms with van der Waals surface area (Å²) in [5, 5.41) is 17.0. The van der Waals surface area contributed by atoms with Crippen LogP contribution in [0.1, 0.15) is 5.56 Å². The van der Waals surface area contributed by atoms with E-state index in [1.54, 1.807) is 12.3 Å². The molecule has 2 N–H and O–H groups in total. The van der Waals surface area contributed by atoms with E-state index in [0.29, 0.717) is 11.3 Å². The molecule has 0 amide bonds. The van der Waals surface area contributed by atoms with Crippen molar-refractivity contribution in [2.45, 2.75) is 6.92 Å². The summed E-state index contributed by atoms with van der Waals surface area (Å²) in [5.41, 5.74) is 3.20. The van der Waals surface area contributed by atoms with Gasteiger partial charge in [0.05, 0.1) is 12.0 Å². The summed E-state index contributed by atoms with van der Waals surface area (Å²) in [4.78, 5) is 0. The molecule has 0 bridgehead atoms. The fourth-order valence-corrected chi connectivity index (χ4v) is 1.88. The largest absolute Gasteiger partial charge is 0.507 e. The minimum Gasteiger partial charge on any atom is -0.507 e. The van der Waals surface area contributed by atoms with Gasteiger partial charge in [0.15, 0.2) is 5.76 Å². The molecule has 0 unspecified atom stereocenters. The molecule has 1 aromatic carbocycles. The highest BCUT2D eigenvalue weighted by Crippen LogP contribution is 2.30. The first-order valence-corrected chi connectivity index (χ1v) is 5.63. The van der Waals surface area contributed by atoms with E-state index in [1.807, 2.05) is 37.3 Å². The molecule has 3 rings (SSSR count). The molecule has 2 heterocycles. The van der Waals surface area contributed by atoms with Crippen LogP contribution in [0.15, 0.2) is 47.1 Å². The van der Waals surface area contributed by atoms with Gasteiger partial charge in [-0.05, 0) is 42.8 Å². The van der Waals surface area contributed by atoms with E-state index in [2.05, 4.69) is 10.2 Å². The molecule has 90 valence electrons. The molecule has 0 radical (unpaired) electrons. The molecule has 0 spiro atoms. The maximum Gasteiger partial charge on any atom is 0.151 e. The second-order valence-electron chi connectivity index (χ2n) is 4.16. The maximum absolute atomic E-state index is 9.91. The number of aromatic hydroxyl groups is 1. The summed E-state index contributed by atoms with van der Waals surface area (Å²) in [7, 11) is 0. The topological polar surface area (TPSA) is 62.0 Å². The van der Waals surface area contributed by atoms with Crippen molar-refractivity contribution in [3.05, 3.63) is 48.2 Å². The number of phenols is 1. The van der Waals surface area contributed by atoms with E-state index < -0.39 is 0 Å².